The standard InChI is InChI=1S/C21H20BrN3O3/c1-27-18-6-2-4-15(12-18)19-23-20(28-24-19)16-5-3-11-25(13-16)21(26)14-7-9-17(22)10-8-14/h2,4,6-10,12,16H,3,5,11,13H2,1H3/t16-/m1/s1. The fourth-order valence-electron chi connectivity index (χ4n) is 3.42. The number of hydrogen-bond acceptors (Lipinski definition) is 5. The van der Waals surface area contributed by atoms with Crippen molar-refractivity contribution < 1.29 is 14.1 Å². The summed E-state index contributed by atoms with van der Waals surface area (Å²) < 4.78 is 11.7. The molecule has 0 spiro atoms. The lowest BCUT2D eigenvalue weighted by atomic mass is 9.97. The summed E-state index contributed by atoms with van der Waals surface area (Å²) in [5, 5.41) is 4.12. The molecule has 0 aliphatic carbocycles. The van der Waals surface area contributed by atoms with E-state index in [9.17, 15) is 4.79 Å². The van der Waals surface area contributed by atoms with Gasteiger partial charge in [0.25, 0.3) is 5.91 Å². The van der Waals surface area contributed by atoms with Gasteiger partial charge in [-0.25, -0.2) is 0 Å². The average Bonchev–Trinajstić information content (AvgIpc) is 3.24. The lowest BCUT2D eigenvalue weighted by Crippen LogP contribution is -2.39. The number of halogens is 1. The molecule has 0 unspecified atom stereocenters. The molecule has 0 radical (unpaired) electrons. The van der Waals surface area contributed by atoms with E-state index < -0.39 is 0 Å². The summed E-state index contributed by atoms with van der Waals surface area (Å²) in [6, 6.07) is 15.0. The number of nitrogens with zero attached hydrogens (tertiary/aromatic N) is 3. The highest BCUT2D eigenvalue weighted by atomic mass is 79.9. The number of benzene rings is 2. The summed E-state index contributed by atoms with van der Waals surface area (Å²) in [6.45, 7) is 1.32. The number of methoxy groups -OCH3 is 1. The normalized spacial score (nSPS) is 16.8. The second kappa shape index (κ2) is 8.14. The van der Waals surface area contributed by atoms with Crippen LogP contribution in [0, 0.1) is 0 Å². The van der Waals surface area contributed by atoms with Gasteiger partial charge >= 0.3 is 0 Å². The van der Waals surface area contributed by atoms with Crippen molar-refractivity contribution in [3.05, 3.63) is 64.5 Å². The van der Waals surface area contributed by atoms with Gasteiger partial charge in [-0.1, -0.05) is 33.2 Å². The lowest BCUT2D eigenvalue weighted by molar-refractivity contribution is 0.0695. The van der Waals surface area contributed by atoms with Gasteiger partial charge < -0.3 is 14.2 Å². The van der Waals surface area contributed by atoms with Gasteiger partial charge in [-0.2, -0.15) is 4.98 Å². The highest BCUT2D eigenvalue weighted by Gasteiger charge is 2.29. The molecular weight excluding hydrogens is 422 g/mol. The number of carbonyl (C=O) groups excluding carboxylic acids is 1. The van der Waals surface area contributed by atoms with Crippen molar-refractivity contribution in [2.24, 2.45) is 0 Å². The minimum atomic E-state index is 0.0322. The minimum Gasteiger partial charge on any atom is -0.497 e. The Morgan fingerprint density at radius 3 is 2.86 bits per heavy atom. The molecule has 1 saturated heterocycles. The van der Waals surface area contributed by atoms with Crippen LogP contribution in [0.15, 0.2) is 57.5 Å². The molecule has 1 fully saturated rings. The zero-order valence-corrected chi connectivity index (χ0v) is 17.1. The molecule has 1 aromatic heterocycles. The molecule has 1 atom stereocenters. The molecule has 1 aliphatic rings. The van der Waals surface area contributed by atoms with Gasteiger partial charge in [-0.3, -0.25) is 4.79 Å². The summed E-state index contributed by atoms with van der Waals surface area (Å²) in [7, 11) is 1.62. The van der Waals surface area contributed by atoms with Crippen LogP contribution in [-0.4, -0.2) is 41.1 Å². The van der Waals surface area contributed by atoms with E-state index in [4.69, 9.17) is 9.26 Å². The van der Waals surface area contributed by atoms with E-state index in [0.29, 0.717) is 23.8 Å². The maximum atomic E-state index is 12.8. The largest absolute Gasteiger partial charge is 0.497 e. The van der Waals surface area contributed by atoms with Crippen LogP contribution in [0.2, 0.25) is 0 Å². The fourth-order valence-corrected chi connectivity index (χ4v) is 3.68. The monoisotopic (exact) mass is 441 g/mol. The maximum absolute atomic E-state index is 12.8. The van der Waals surface area contributed by atoms with Crippen LogP contribution in [-0.2, 0) is 0 Å². The molecule has 7 heteroatoms. The second-order valence-corrected chi connectivity index (χ2v) is 7.70. The molecular formula is C21H20BrN3O3. The Balaban J connectivity index is 1.49. The molecule has 0 N–H and O–H groups in total. The molecule has 2 aromatic carbocycles. The van der Waals surface area contributed by atoms with Gasteiger partial charge in [0.05, 0.1) is 13.0 Å². The van der Waals surface area contributed by atoms with Crippen LogP contribution in [0.3, 0.4) is 0 Å². The van der Waals surface area contributed by atoms with Gasteiger partial charge in [-0.15, -0.1) is 0 Å². The Labute approximate surface area is 171 Å². The summed E-state index contributed by atoms with van der Waals surface area (Å²) in [5.41, 5.74) is 1.53. The quantitative estimate of drug-likeness (QED) is 0.594. The molecule has 6 nitrogen and oxygen atoms in total. The minimum absolute atomic E-state index is 0.0322. The highest BCUT2D eigenvalue weighted by molar-refractivity contribution is 9.10. The molecule has 144 valence electrons. The molecule has 0 bridgehead atoms. The van der Waals surface area contributed by atoms with Crippen molar-refractivity contribution in [2.75, 3.05) is 20.2 Å². The number of piperidine rings is 1. The zero-order valence-electron chi connectivity index (χ0n) is 15.5. The number of hydrogen-bond donors (Lipinski definition) is 0. The van der Waals surface area contributed by atoms with Crippen molar-refractivity contribution in [3.8, 4) is 17.1 Å². The van der Waals surface area contributed by atoms with Crippen LogP contribution in [0.25, 0.3) is 11.4 Å². The molecule has 0 saturated carbocycles. The number of rotatable bonds is 4. The third-order valence-electron chi connectivity index (χ3n) is 4.92. The van der Waals surface area contributed by atoms with Crippen LogP contribution in [0.4, 0.5) is 0 Å². The van der Waals surface area contributed by atoms with E-state index in [1.807, 2.05) is 53.4 Å². The van der Waals surface area contributed by atoms with Crippen molar-refractivity contribution in [1.29, 1.82) is 0 Å². The summed E-state index contributed by atoms with van der Waals surface area (Å²) in [4.78, 5) is 19.3. The first-order valence-electron chi connectivity index (χ1n) is 9.17. The van der Waals surface area contributed by atoms with E-state index >= 15 is 0 Å². The first-order valence-corrected chi connectivity index (χ1v) is 9.96. The van der Waals surface area contributed by atoms with E-state index in [1.165, 1.54) is 0 Å². The number of ether oxygens (including phenoxy) is 1. The van der Waals surface area contributed by atoms with Crippen molar-refractivity contribution in [3.63, 3.8) is 0 Å². The number of amides is 1. The Bertz CT molecular complexity index is 971. The van der Waals surface area contributed by atoms with Crippen molar-refractivity contribution in [1.82, 2.24) is 15.0 Å². The van der Waals surface area contributed by atoms with E-state index in [1.54, 1.807) is 7.11 Å². The highest BCUT2D eigenvalue weighted by Crippen LogP contribution is 2.29. The third-order valence-corrected chi connectivity index (χ3v) is 5.45. The SMILES string of the molecule is COc1cccc(-c2noc([C@@H]3CCCN(C(=O)c4ccc(Br)cc4)C3)n2)c1. The third kappa shape index (κ3) is 3.94. The predicted octanol–water partition coefficient (Wildman–Crippen LogP) is 4.53. The summed E-state index contributed by atoms with van der Waals surface area (Å²) in [5.74, 6) is 1.92. The van der Waals surface area contributed by atoms with Gasteiger partial charge in [-0.05, 0) is 49.2 Å². The number of likely N-dealkylation sites (tertiary alicyclic amines) is 1. The Morgan fingerprint density at radius 1 is 1.25 bits per heavy atom. The number of aromatic nitrogens is 2. The van der Waals surface area contributed by atoms with Gasteiger partial charge in [0.2, 0.25) is 11.7 Å². The molecule has 1 amide bonds. The fraction of sp³-hybridized carbons (Fsp3) is 0.286. The first-order chi connectivity index (χ1) is 13.6. The van der Waals surface area contributed by atoms with Crippen LogP contribution in [0.1, 0.15) is 35.0 Å². The first kappa shape index (κ1) is 18.7. The van der Waals surface area contributed by atoms with Crippen molar-refractivity contribution in [2.45, 2.75) is 18.8 Å². The number of carbonyl (C=O) groups is 1. The van der Waals surface area contributed by atoms with Crippen LogP contribution < -0.4 is 4.74 Å². The topological polar surface area (TPSA) is 68.5 Å². The Kier molecular flexibility index (Phi) is 5.43. The lowest BCUT2D eigenvalue weighted by Gasteiger charge is -2.31. The van der Waals surface area contributed by atoms with Crippen LogP contribution >= 0.6 is 15.9 Å². The van der Waals surface area contributed by atoms with Crippen LogP contribution in [0.5, 0.6) is 5.75 Å². The van der Waals surface area contributed by atoms with Gasteiger partial charge in [0.1, 0.15) is 5.75 Å². The maximum Gasteiger partial charge on any atom is 0.253 e. The molecule has 28 heavy (non-hydrogen) atoms. The average molecular weight is 442 g/mol. The summed E-state index contributed by atoms with van der Waals surface area (Å²) in [6.07, 6.45) is 1.83. The van der Waals surface area contributed by atoms with E-state index in [0.717, 1.165) is 35.2 Å². The van der Waals surface area contributed by atoms with E-state index in [-0.39, 0.29) is 11.8 Å². The Hall–Kier alpha value is -2.67. The van der Waals surface area contributed by atoms with E-state index in [2.05, 4.69) is 26.1 Å². The molecule has 3 aromatic rings. The Morgan fingerprint density at radius 2 is 2.07 bits per heavy atom. The predicted molar refractivity (Wildman–Crippen MR) is 108 cm³/mol. The zero-order chi connectivity index (χ0) is 19.5. The van der Waals surface area contributed by atoms with Gasteiger partial charge in [0, 0.05) is 28.7 Å². The smallest absolute Gasteiger partial charge is 0.253 e. The summed E-state index contributed by atoms with van der Waals surface area (Å²) >= 11 is 3.40. The second-order valence-electron chi connectivity index (χ2n) is 6.79. The van der Waals surface area contributed by atoms with Crippen molar-refractivity contribution >= 4 is 21.8 Å². The van der Waals surface area contributed by atoms with Gasteiger partial charge in [0.15, 0.2) is 0 Å². The molecule has 2 heterocycles. The molecule has 1 aliphatic heterocycles. The molecule has 4 rings (SSSR count).